The topological polar surface area (TPSA) is 26.3 Å². The Labute approximate surface area is 96.7 Å². The van der Waals surface area contributed by atoms with E-state index in [4.69, 9.17) is 11.6 Å². The Morgan fingerprint density at radius 3 is 2.60 bits per heavy atom. The van der Waals surface area contributed by atoms with E-state index in [0.29, 0.717) is 18.2 Å². The summed E-state index contributed by atoms with van der Waals surface area (Å²) in [5, 5.41) is -4.13. The maximum absolute atomic E-state index is 13.2. The van der Waals surface area contributed by atoms with Gasteiger partial charge in [0.1, 0.15) is 0 Å². The fourth-order valence-corrected chi connectivity index (χ4v) is 3.10. The average molecular weight is 259 g/mol. The molecule has 2 atom stereocenters. The maximum atomic E-state index is 13.2. The lowest BCUT2D eigenvalue weighted by Crippen LogP contribution is -2.33. The fourth-order valence-electron chi connectivity index (χ4n) is 1.54. The van der Waals surface area contributed by atoms with Crippen LogP contribution in [0.2, 0.25) is 0 Å². The van der Waals surface area contributed by atoms with Crippen LogP contribution in [0, 0.1) is 0 Å². The molecule has 0 bridgehead atoms. The summed E-state index contributed by atoms with van der Waals surface area (Å²) in [6.45, 7) is 0. The van der Waals surface area contributed by atoms with Crippen LogP contribution in [-0.4, -0.2) is 29.0 Å². The smallest absolute Gasteiger partial charge is 0.389 e. The van der Waals surface area contributed by atoms with Crippen molar-refractivity contribution in [3.63, 3.8) is 0 Å². The van der Waals surface area contributed by atoms with Crippen LogP contribution in [0.1, 0.15) is 25.7 Å². The van der Waals surface area contributed by atoms with E-state index in [1.165, 1.54) is 0 Å². The van der Waals surface area contributed by atoms with Crippen LogP contribution in [-0.2, 0) is 9.53 Å². The van der Waals surface area contributed by atoms with Crippen molar-refractivity contribution >= 4 is 29.3 Å². The molecule has 0 aliphatic heterocycles. The Morgan fingerprint density at radius 1 is 1.47 bits per heavy atom. The average Bonchev–Trinajstić information content (AvgIpc) is 2.20. The molecule has 1 saturated carbocycles. The third kappa shape index (κ3) is 3.48. The second-order valence-electron chi connectivity index (χ2n) is 3.47. The molecule has 2 nitrogen and oxygen atoms in total. The van der Waals surface area contributed by atoms with Gasteiger partial charge in [0.25, 0.3) is 0 Å². The summed E-state index contributed by atoms with van der Waals surface area (Å²) in [7, 11) is 0.954. The number of carbonyl (C=O) groups excluding carboxylic acids is 1. The Bertz CT molecular complexity index is 238. The highest BCUT2D eigenvalue weighted by Crippen LogP contribution is 2.41. The van der Waals surface area contributed by atoms with E-state index in [2.05, 4.69) is 4.74 Å². The number of hydrogen-bond acceptors (Lipinski definition) is 3. The first-order valence-electron chi connectivity index (χ1n) is 4.75. The minimum Gasteiger partial charge on any atom is -0.464 e. The van der Waals surface area contributed by atoms with Gasteiger partial charge in [-0.15, -0.1) is 11.6 Å². The van der Waals surface area contributed by atoms with Crippen LogP contribution in [0.5, 0.6) is 0 Å². The second-order valence-corrected chi connectivity index (χ2v) is 5.38. The molecule has 2 unspecified atom stereocenters. The standard InChI is InChI=1S/C9H13ClF2O2S/c1-14-8(13)9(11,12)15-7-5-3-2-4-6(7)10/h6-7H,2-5H2,1H3. The molecule has 6 heteroatoms. The monoisotopic (exact) mass is 258 g/mol. The lowest BCUT2D eigenvalue weighted by Gasteiger charge is -2.28. The molecule has 1 aliphatic carbocycles. The lowest BCUT2D eigenvalue weighted by atomic mass is 10.00. The Kier molecular flexibility index (Phi) is 4.64. The molecule has 0 radical (unpaired) electrons. The van der Waals surface area contributed by atoms with Crippen molar-refractivity contribution in [2.75, 3.05) is 7.11 Å². The maximum Gasteiger partial charge on any atom is 0.389 e. The van der Waals surface area contributed by atoms with Crippen LogP contribution in [0.3, 0.4) is 0 Å². The van der Waals surface area contributed by atoms with Crippen LogP contribution >= 0.6 is 23.4 Å². The van der Waals surface area contributed by atoms with E-state index in [1.54, 1.807) is 0 Å². The van der Waals surface area contributed by atoms with Crippen molar-refractivity contribution in [3.8, 4) is 0 Å². The Hall–Kier alpha value is -0.0300. The van der Waals surface area contributed by atoms with Gasteiger partial charge in [-0.3, -0.25) is 0 Å². The molecule has 15 heavy (non-hydrogen) atoms. The number of hydrogen-bond donors (Lipinski definition) is 0. The molecule has 0 heterocycles. The van der Waals surface area contributed by atoms with Crippen LogP contribution in [0.4, 0.5) is 8.78 Å². The number of thioether (sulfide) groups is 1. The van der Waals surface area contributed by atoms with Crippen LogP contribution in [0.25, 0.3) is 0 Å². The zero-order valence-electron chi connectivity index (χ0n) is 8.34. The third-order valence-electron chi connectivity index (χ3n) is 2.34. The summed E-state index contributed by atoms with van der Waals surface area (Å²) in [5.41, 5.74) is 0. The van der Waals surface area contributed by atoms with Gasteiger partial charge in [0.05, 0.1) is 7.11 Å². The number of ether oxygens (including phenoxy) is 1. The number of rotatable bonds is 3. The Balaban J connectivity index is 2.55. The van der Waals surface area contributed by atoms with Crippen molar-refractivity contribution in [1.29, 1.82) is 0 Å². The zero-order chi connectivity index (χ0) is 11.5. The first-order valence-corrected chi connectivity index (χ1v) is 6.07. The molecular formula is C9H13ClF2O2S. The summed E-state index contributed by atoms with van der Waals surface area (Å²) in [6, 6.07) is 0. The summed E-state index contributed by atoms with van der Waals surface area (Å²) in [5.74, 6) is -1.50. The summed E-state index contributed by atoms with van der Waals surface area (Å²) < 4.78 is 30.4. The largest absolute Gasteiger partial charge is 0.464 e. The number of esters is 1. The van der Waals surface area contributed by atoms with Gasteiger partial charge < -0.3 is 4.74 Å². The number of halogens is 3. The van der Waals surface area contributed by atoms with Gasteiger partial charge in [-0.05, 0) is 12.8 Å². The molecule has 88 valence electrons. The van der Waals surface area contributed by atoms with Gasteiger partial charge in [0, 0.05) is 10.6 Å². The highest BCUT2D eigenvalue weighted by atomic mass is 35.5. The summed E-state index contributed by atoms with van der Waals surface area (Å²) in [4.78, 5) is 10.8. The van der Waals surface area contributed by atoms with E-state index in [-0.39, 0.29) is 10.6 Å². The minimum atomic E-state index is -3.48. The van der Waals surface area contributed by atoms with Crippen molar-refractivity contribution in [3.05, 3.63) is 0 Å². The molecule has 0 spiro atoms. The highest BCUT2D eigenvalue weighted by Gasteiger charge is 2.45. The van der Waals surface area contributed by atoms with E-state index in [1.807, 2.05) is 0 Å². The molecular weight excluding hydrogens is 246 g/mol. The van der Waals surface area contributed by atoms with Gasteiger partial charge in [-0.2, -0.15) is 8.78 Å². The molecule has 0 saturated heterocycles. The first-order chi connectivity index (χ1) is 6.97. The Morgan fingerprint density at radius 2 is 2.07 bits per heavy atom. The zero-order valence-corrected chi connectivity index (χ0v) is 9.91. The number of carbonyl (C=O) groups is 1. The number of alkyl halides is 3. The van der Waals surface area contributed by atoms with Crippen LogP contribution in [0.15, 0.2) is 0 Å². The fraction of sp³-hybridized carbons (Fsp3) is 0.889. The molecule has 0 aromatic carbocycles. The lowest BCUT2D eigenvalue weighted by molar-refractivity contribution is -0.156. The second kappa shape index (κ2) is 5.34. The van der Waals surface area contributed by atoms with Crippen molar-refractivity contribution in [2.45, 2.75) is 41.6 Å². The predicted octanol–water partition coefficient (Wildman–Crippen LogP) is 3.04. The van der Waals surface area contributed by atoms with E-state index < -0.39 is 11.2 Å². The minimum absolute atomic E-state index is 0.278. The van der Waals surface area contributed by atoms with Crippen molar-refractivity contribution < 1.29 is 18.3 Å². The third-order valence-corrected chi connectivity index (χ3v) is 4.35. The van der Waals surface area contributed by atoms with Gasteiger partial charge in [0.15, 0.2) is 0 Å². The van der Waals surface area contributed by atoms with E-state index in [0.717, 1.165) is 26.4 Å². The van der Waals surface area contributed by atoms with E-state index >= 15 is 0 Å². The number of methoxy groups -OCH3 is 1. The van der Waals surface area contributed by atoms with Crippen LogP contribution < -0.4 is 0 Å². The summed E-state index contributed by atoms with van der Waals surface area (Å²) in [6.07, 6.45) is 3.22. The first kappa shape index (κ1) is 13.0. The molecule has 1 rings (SSSR count). The molecule has 0 N–H and O–H groups in total. The molecule has 1 aliphatic rings. The predicted molar refractivity (Wildman–Crippen MR) is 56.5 cm³/mol. The van der Waals surface area contributed by atoms with Gasteiger partial charge in [0.2, 0.25) is 0 Å². The normalized spacial score (nSPS) is 27.5. The molecule has 0 amide bonds. The quantitative estimate of drug-likeness (QED) is 0.575. The van der Waals surface area contributed by atoms with E-state index in [9.17, 15) is 13.6 Å². The van der Waals surface area contributed by atoms with Gasteiger partial charge in [-0.1, -0.05) is 24.6 Å². The van der Waals surface area contributed by atoms with Crippen molar-refractivity contribution in [1.82, 2.24) is 0 Å². The summed E-state index contributed by atoms with van der Waals surface area (Å²) >= 11 is 6.25. The SMILES string of the molecule is COC(=O)C(F)(F)SC1CCCCC1Cl. The molecule has 0 aromatic heterocycles. The van der Waals surface area contributed by atoms with Crippen molar-refractivity contribution in [2.24, 2.45) is 0 Å². The molecule has 0 aromatic rings. The molecule has 1 fully saturated rings. The highest BCUT2D eigenvalue weighted by molar-refractivity contribution is 8.01. The van der Waals surface area contributed by atoms with Gasteiger partial charge >= 0.3 is 11.2 Å². The van der Waals surface area contributed by atoms with Gasteiger partial charge in [-0.25, -0.2) is 4.79 Å².